The van der Waals surface area contributed by atoms with Gasteiger partial charge < -0.3 is 11.1 Å². The maximum atomic E-state index is 10.8. The lowest BCUT2D eigenvalue weighted by Gasteiger charge is -2.06. The zero-order valence-corrected chi connectivity index (χ0v) is 5.98. The van der Waals surface area contributed by atoms with Crippen LogP contribution in [-0.4, -0.2) is 12.6 Å². The first-order valence-corrected chi connectivity index (χ1v) is 3.20. The standard InChI is InChI=1S/C6H14N2O/c1-3-5(2)6(9)8-4-7/h5H,3-4,7H2,1-2H3,(H,8,9). The van der Waals surface area contributed by atoms with Crippen molar-refractivity contribution in [1.82, 2.24) is 5.32 Å². The highest BCUT2D eigenvalue weighted by molar-refractivity contribution is 5.77. The van der Waals surface area contributed by atoms with Crippen molar-refractivity contribution in [2.75, 3.05) is 6.67 Å². The minimum absolute atomic E-state index is 0.0417. The highest BCUT2D eigenvalue weighted by atomic mass is 16.1. The Hall–Kier alpha value is -0.570. The van der Waals surface area contributed by atoms with Gasteiger partial charge in [-0.1, -0.05) is 13.8 Å². The summed E-state index contributed by atoms with van der Waals surface area (Å²) in [6.07, 6.45) is 0.867. The van der Waals surface area contributed by atoms with Gasteiger partial charge in [0.15, 0.2) is 0 Å². The van der Waals surface area contributed by atoms with E-state index in [0.29, 0.717) is 0 Å². The van der Waals surface area contributed by atoms with E-state index >= 15 is 0 Å². The van der Waals surface area contributed by atoms with E-state index in [0.717, 1.165) is 6.42 Å². The molecule has 0 heterocycles. The smallest absolute Gasteiger partial charge is 0.223 e. The fourth-order valence-electron chi connectivity index (χ4n) is 0.460. The highest BCUT2D eigenvalue weighted by Crippen LogP contribution is 1.98. The van der Waals surface area contributed by atoms with E-state index in [1.807, 2.05) is 13.8 Å². The second-order valence-electron chi connectivity index (χ2n) is 2.05. The Balaban J connectivity index is 3.46. The maximum Gasteiger partial charge on any atom is 0.223 e. The molecular weight excluding hydrogens is 116 g/mol. The maximum absolute atomic E-state index is 10.8. The van der Waals surface area contributed by atoms with E-state index < -0.39 is 0 Å². The van der Waals surface area contributed by atoms with Gasteiger partial charge in [-0.05, 0) is 6.42 Å². The Morgan fingerprint density at radius 3 is 2.67 bits per heavy atom. The van der Waals surface area contributed by atoms with E-state index in [2.05, 4.69) is 5.32 Å². The van der Waals surface area contributed by atoms with Crippen LogP contribution in [0.5, 0.6) is 0 Å². The minimum Gasteiger partial charge on any atom is -0.344 e. The van der Waals surface area contributed by atoms with Crippen LogP contribution >= 0.6 is 0 Å². The zero-order chi connectivity index (χ0) is 7.28. The molecule has 0 aromatic rings. The summed E-state index contributed by atoms with van der Waals surface area (Å²) in [6.45, 7) is 4.09. The molecule has 1 amide bonds. The lowest BCUT2D eigenvalue weighted by atomic mass is 10.1. The summed E-state index contributed by atoms with van der Waals surface area (Å²) in [4.78, 5) is 10.8. The molecule has 0 fully saturated rings. The van der Waals surface area contributed by atoms with Gasteiger partial charge in [-0.25, -0.2) is 0 Å². The molecule has 0 aliphatic carbocycles. The molecule has 9 heavy (non-hydrogen) atoms. The van der Waals surface area contributed by atoms with Crippen molar-refractivity contribution in [3.05, 3.63) is 0 Å². The predicted octanol–water partition coefficient (Wildman–Crippen LogP) is 0.0649. The summed E-state index contributed by atoms with van der Waals surface area (Å²) in [5.41, 5.74) is 5.09. The second kappa shape index (κ2) is 4.32. The van der Waals surface area contributed by atoms with Crippen LogP contribution in [0, 0.1) is 5.92 Å². The molecular formula is C6H14N2O. The van der Waals surface area contributed by atoms with E-state index in [9.17, 15) is 4.79 Å². The van der Waals surface area contributed by atoms with Gasteiger partial charge >= 0.3 is 0 Å². The van der Waals surface area contributed by atoms with Crippen LogP contribution in [-0.2, 0) is 4.79 Å². The second-order valence-corrected chi connectivity index (χ2v) is 2.05. The number of nitrogens with two attached hydrogens (primary N) is 1. The molecule has 3 heteroatoms. The number of carbonyl (C=O) groups is 1. The fraction of sp³-hybridized carbons (Fsp3) is 0.833. The van der Waals surface area contributed by atoms with Crippen LogP contribution < -0.4 is 11.1 Å². The summed E-state index contributed by atoms with van der Waals surface area (Å²) >= 11 is 0. The van der Waals surface area contributed by atoms with Crippen LogP contribution in [0.3, 0.4) is 0 Å². The van der Waals surface area contributed by atoms with Crippen molar-refractivity contribution in [3.63, 3.8) is 0 Å². The average molecular weight is 130 g/mol. The monoisotopic (exact) mass is 130 g/mol. The van der Waals surface area contributed by atoms with Gasteiger partial charge in [-0.15, -0.1) is 0 Å². The molecule has 3 N–H and O–H groups in total. The number of nitrogens with one attached hydrogen (secondary N) is 1. The zero-order valence-electron chi connectivity index (χ0n) is 5.98. The number of hydrogen-bond acceptors (Lipinski definition) is 2. The molecule has 0 aromatic carbocycles. The van der Waals surface area contributed by atoms with Gasteiger partial charge in [0.25, 0.3) is 0 Å². The van der Waals surface area contributed by atoms with Gasteiger partial charge in [0.1, 0.15) is 0 Å². The Bertz CT molecular complexity index is 93.1. The molecule has 1 atom stereocenters. The van der Waals surface area contributed by atoms with Gasteiger partial charge in [0.2, 0.25) is 5.91 Å². The summed E-state index contributed by atoms with van der Waals surface area (Å²) in [5.74, 6) is 0.133. The highest BCUT2D eigenvalue weighted by Gasteiger charge is 2.07. The number of rotatable bonds is 3. The van der Waals surface area contributed by atoms with Crippen molar-refractivity contribution in [1.29, 1.82) is 0 Å². The third-order valence-corrected chi connectivity index (χ3v) is 1.34. The Morgan fingerprint density at radius 1 is 1.78 bits per heavy atom. The molecule has 0 saturated heterocycles. The molecule has 0 radical (unpaired) electrons. The van der Waals surface area contributed by atoms with E-state index in [4.69, 9.17) is 5.73 Å². The SMILES string of the molecule is CCC(C)C(=O)NCN. The van der Waals surface area contributed by atoms with Crippen molar-refractivity contribution in [3.8, 4) is 0 Å². The van der Waals surface area contributed by atoms with Gasteiger partial charge in [0, 0.05) is 5.92 Å². The first-order chi connectivity index (χ1) is 4.22. The van der Waals surface area contributed by atoms with E-state index in [1.165, 1.54) is 0 Å². The van der Waals surface area contributed by atoms with Crippen LogP contribution in [0.2, 0.25) is 0 Å². The van der Waals surface area contributed by atoms with E-state index in [1.54, 1.807) is 0 Å². The first kappa shape index (κ1) is 8.43. The third-order valence-electron chi connectivity index (χ3n) is 1.34. The fourth-order valence-corrected chi connectivity index (χ4v) is 0.460. The van der Waals surface area contributed by atoms with E-state index in [-0.39, 0.29) is 18.5 Å². The molecule has 54 valence electrons. The van der Waals surface area contributed by atoms with Gasteiger partial charge in [0.05, 0.1) is 6.67 Å². The Kier molecular flexibility index (Phi) is 4.05. The minimum atomic E-state index is 0.0417. The van der Waals surface area contributed by atoms with Crippen LogP contribution in [0.1, 0.15) is 20.3 Å². The van der Waals surface area contributed by atoms with Gasteiger partial charge in [-0.2, -0.15) is 0 Å². The first-order valence-electron chi connectivity index (χ1n) is 3.20. The molecule has 0 aromatic heterocycles. The Labute approximate surface area is 55.6 Å². The third kappa shape index (κ3) is 3.08. The summed E-state index contributed by atoms with van der Waals surface area (Å²) in [6, 6.07) is 0. The quantitative estimate of drug-likeness (QED) is 0.531. The van der Waals surface area contributed by atoms with Crippen molar-refractivity contribution >= 4 is 5.91 Å². The van der Waals surface area contributed by atoms with Crippen molar-refractivity contribution in [2.45, 2.75) is 20.3 Å². The molecule has 0 aliphatic heterocycles. The average Bonchev–Trinajstić information content (AvgIpc) is 1.87. The van der Waals surface area contributed by atoms with Crippen molar-refractivity contribution < 1.29 is 4.79 Å². The lowest BCUT2D eigenvalue weighted by Crippen LogP contribution is -2.33. The molecule has 1 unspecified atom stereocenters. The normalized spacial score (nSPS) is 12.8. The van der Waals surface area contributed by atoms with Gasteiger partial charge in [-0.3, -0.25) is 4.79 Å². The molecule has 0 bridgehead atoms. The molecule has 0 aliphatic rings. The molecule has 0 saturated carbocycles. The van der Waals surface area contributed by atoms with Crippen molar-refractivity contribution in [2.24, 2.45) is 11.7 Å². The molecule has 0 spiro atoms. The lowest BCUT2D eigenvalue weighted by molar-refractivity contribution is -0.124. The topological polar surface area (TPSA) is 55.1 Å². The van der Waals surface area contributed by atoms with Crippen LogP contribution in [0.25, 0.3) is 0 Å². The largest absolute Gasteiger partial charge is 0.344 e. The van der Waals surface area contributed by atoms with Crippen LogP contribution in [0.4, 0.5) is 0 Å². The number of carbonyl (C=O) groups excluding carboxylic acids is 1. The molecule has 3 nitrogen and oxygen atoms in total. The molecule has 0 rings (SSSR count). The summed E-state index contributed by atoms with van der Waals surface area (Å²) in [5, 5.41) is 2.54. The van der Waals surface area contributed by atoms with Crippen LogP contribution in [0.15, 0.2) is 0 Å². The summed E-state index contributed by atoms with van der Waals surface area (Å²) < 4.78 is 0. The predicted molar refractivity (Wildman–Crippen MR) is 36.7 cm³/mol. The Morgan fingerprint density at radius 2 is 2.33 bits per heavy atom. The number of amides is 1. The number of hydrogen-bond donors (Lipinski definition) is 2. The summed E-state index contributed by atoms with van der Waals surface area (Å²) in [7, 11) is 0.